The molecule has 1 atom stereocenters. The van der Waals surface area contributed by atoms with Crippen LogP contribution in [0.1, 0.15) is 13.3 Å². The smallest absolute Gasteiger partial charge is 0.386 e. The summed E-state index contributed by atoms with van der Waals surface area (Å²) in [5.41, 5.74) is 0. The minimum Gasteiger partial charge on any atom is -0.386 e. The highest BCUT2D eigenvalue weighted by molar-refractivity contribution is 6.64. The molecule has 1 N–H and O–H groups in total. The first kappa shape index (κ1) is 9.19. The van der Waals surface area contributed by atoms with Crippen LogP contribution in [0.5, 0.6) is 0 Å². The fraction of sp³-hybridized carbons (Fsp3) is 1.00. The van der Waals surface area contributed by atoms with Crippen LogP contribution < -0.4 is 4.98 Å². The Labute approximate surface area is 69.4 Å². The van der Waals surface area contributed by atoms with E-state index in [0.29, 0.717) is 0 Å². The van der Waals surface area contributed by atoms with Crippen molar-refractivity contribution in [2.24, 2.45) is 5.92 Å². The van der Waals surface area contributed by atoms with Crippen LogP contribution in [-0.4, -0.2) is 29.5 Å². The monoisotopic (exact) mass is 175 g/mol. The number of hydrogen-bond donors (Lipinski definition) is 1. The molecule has 1 saturated heterocycles. The van der Waals surface area contributed by atoms with Gasteiger partial charge in [-0.3, -0.25) is 4.98 Å². The van der Waals surface area contributed by atoms with E-state index in [0.717, 1.165) is 18.5 Å². The molecule has 0 amide bonds. The van der Waals surface area contributed by atoms with Gasteiger partial charge in [-0.25, -0.2) is 0 Å². The first-order chi connectivity index (χ1) is 5.22. The summed E-state index contributed by atoms with van der Waals surface area (Å²) in [5.74, 6) is 0.765. The van der Waals surface area contributed by atoms with E-state index in [1.165, 1.54) is 6.42 Å². The molecule has 1 rings (SSSR count). The van der Waals surface area contributed by atoms with Gasteiger partial charge in [0.1, 0.15) is 0 Å². The van der Waals surface area contributed by atoms with Crippen molar-refractivity contribution in [1.29, 1.82) is 0 Å². The minimum absolute atomic E-state index is 0.765. The van der Waals surface area contributed by atoms with Crippen molar-refractivity contribution in [2.45, 2.75) is 19.4 Å². The van der Waals surface area contributed by atoms with Crippen LogP contribution in [0.3, 0.4) is 0 Å². The first-order valence-electron chi connectivity index (χ1n) is 4.08. The molecule has 0 aromatic rings. The van der Waals surface area contributed by atoms with Crippen molar-refractivity contribution in [3.05, 3.63) is 0 Å². The average Bonchev–Trinajstić information content (AvgIpc) is 2.07. The molecule has 0 saturated carbocycles. The van der Waals surface area contributed by atoms with E-state index in [-0.39, 0.29) is 0 Å². The summed E-state index contributed by atoms with van der Waals surface area (Å²) in [6.45, 7) is 3.28. The van der Waals surface area contributed by atoms with Crippen molar-refractivity contribution in [3.63, 3.8) is 0 Å². The van der Waals surface area contributed by atoms with Crippen LogP contribution in [0.2, 0.25) is 6.04 Å². The second-order valence-electron chi connectivity index (χ2n) is 3.19. The maximum atomic E-state index is 5.38. The lowest BCUT2D eigenvalue weighted by Crippen LogP contribution is -2.58. The Morgan fingerprint density at radius 1 is 1.36 bits per heavy atom. The standard InChI is InChI=1S/C7H17NO2Si/c1-7-4-5-11(9-2,10-3)8-6-7/h7-8H,4-6H2,1-3H3. The lowest BCUT2D eigenvalue weighted by Gasteiger charge is -2.34. The lowest BCUT2D eigenvalue weighted by atomic mass is 10.1. The van der Waals surface area contributed by atoms with E-state index in [2.05, 4.69) is 11.9 Å². The highest BCUT2D eigenvalue weighted by atomic mass is 28.4. The predicted molar refractivity (Wildman–Crippen MR) is 46.4 cm³/mol. The summed E-state index contributed by atoms with van der Waals surface area (Å²) in [6, 6.07) is 1.07. The fourth-order valence-corrected chi connectivity index (χ4v) is 3.96. The summed E-state index contributed by atoms with van der Waals surface area (Å²) in [5, 5.41) is 0. The van der Waals surface area contributed by atoms with Crippen LogP contribution in [0.15, 0.2) is 0 Å². The topological polar surface area (TPSA) is 30.5 Å². The second-order valence-corrected chi connectivity index (χ2v) is 6.36. The fourth-order valence-electron chi connectivity index (χ4n) is 1.39. The van der Waals surface area contributed by atoms with E-state index in [4.69, 9.17) is 8.85 Å². The van der Waals surface area contributed by atoms with Gasteiger partial charge >= 0.3 is 8.72 Å². The first-order valence-corrected chi connectivity index (χ1v) is 6.10. The highest BCUT2D eigenvalue weighted by Gasteiger charge is 2.39. The van der Waals surface area contributed by atoms with E-state index < -0.39 is 8.72 Å². The summed E-state index contributed by atoms with van der Waals surface area (Å²) in [4.78, 5) is 3.38. The summed E-state index contributed by atoms with van der Waals surface area (Å²) < 4.78 is 10.8. The van der Waals surface area contributed by atoms with Crippen molar-refractivity contribution in [1.82, 2.24) is 4.98 Å². The highest BCUT2D eigenvalue weighted by Crippen LogP contribution is 2.20. The normalized spacial score (nSPS) is 30.3. The van der Waals surface area contributed by atoms with Gasteiger partial charge in [-0.2, -0.15) is 0 Å². The Morgan fingerprint density at radius 2 is 2.00 bits per heavy atom. The van der Waals surface area contributed by atoms with Crippen molar-refractivity contribution in [3.8, 4) is 0 Å². The molecule has 0 aromatic carbocycles. The average molecular weight is 175 g/mol. The van der Waals surface area contributed by atoms with Crippen LogP contribution in [0.25, 0.3) is 0 Å². The van der Waals surface area contributed by atoms with E-state index in [1.54, 1.807) is 14.2 Å². The Kier molecular flexibility index (Phi) is 3.06. The van der Waals surface area contributed by atoms with Crippen LogP contribution in [0.4, 0.5) is 0 Å². The molecule has 1 fully saturated rings. The molecule has 1 unspecified atom stereocenters. The Morgan fingerprint density at radius 3 is 2.36 bits per heavy atom. The zero-order valence-corrected chi connectivity index (χ0v) is 8.52. The molecule has 11 heavy (non-hydrogen) atoms. The molecule has 0 bridgehead atoms. The van der Waals surface area contributed by atoms with Gasteiger partial charge in [-0.1, -0.05) is 6.92 Å². The summed E-state index contributed by atoms with van der Waals surface area (Å²) in [7, 11) is 1.55. The van der Waals surface area contributed by atoms with Crippen LogP contribution in [-0.2, 0) is 8.85 Å². The van der Waals surface area contributed by atoms with Gasteiger partial charge in [0.05, 0.1) is 0 Å². The lowest BCUT2D eigenvalue weighted by molar-refractivity contribution is 0.210. The quantitative estimate of drug-likeness (QED) is 0.631. The van der Waals surface area contributed by atoms with Crippen molar-refractivity contribution in [2.75, 3.05) is 20.8 Å². The summed E-state index contributed by atoms with van der Waals surface area (Å²) in [6.07, 6.45) is 1.22. The van der Waals surface area contributed by atoms with Crippen molar-refractivity contribution < 1.29 is 8.85 Å². The van der Waals surface area contributed by atoms with Gasteiger partial charge in [0, 0.05) is 20.3 Å². The molecule has 1 aliphatic heterocycles. The summed E-state index contributed by atoms with van der Waals surface area (Å²) >= 11 is 0. The van der Waals surface area contributed by atoms with E-state index >= 15 is 0 Å². The third kappa shape index (κ3) is 2.02. The molecule has 66 valence electrons. The Balaban J connectivity index is 2.45. The predicted octanol–water partition coefficient (Wildman–Crippen LogP) is 0.847. The molecule has 0 spiro atoms. The maximum absolute atomic E-state index is 5.38. The molecule has 0 aromatic heterocycles. The molecular formula is C7H17NO2Si. The maximum Gasteiger partial charge on any atom is 0.424 e. The van der Waals surface area contributed by atoms with Gasteiger partial charge in [0.25, 0.3) is 0 Å². The molecule has 3 nitrogen and oxygen atoms in total. The second kappa shape index (κ2) is 3.67. The largest absolute Gasteiger partial charge is 0.424 e. The molecular weight excluding hydrogens is 158 g/mol. The molecule has 0 aliphatic carbocycles. The number of hydrogen-bond acceptors (Lipinski definition) is 3. The molecule has 1 aliphatic rings. The van der Waals surface area contributed by atoms with Crippen LogP contribution in [0, 0.1) is 5.92 Å². The van der Waals surface area contributed by atoms with Crippen molar-refractivity contribution >= 4 is 8.72 Å². The Hall–Kier alpha value is 0.0969. The number of nitrogens with one attached hydrogen (secondary N) is 1. The van der Waals surface area contributed by atoms with Gasteiger partial charge in [-0.05, 0) is 18.9 Å². The SMILES string of the molecule is CO[Si]1(OC)CCC(C)CN1. The van der Waals surface area contributed by atoms with E-state index in [1.807, 2.05) is 0 Å². The number of rotatable bonds is 2. The van der Waals surface area contributed by atoms with Gasteiger partial charge in [0.2, 0.25) is 0 Å². The third-order valence-electron chi connectivity index (χ3n) is 2.35. The van der Waals surface area contributed by atoms with Gasteiger partial charge in [0.15, 0.2) is 0 Å². The van der Waals surface area contributed by atoms with Crippen LogP contribution >= 0.6 is 0 Å². The van der Waals surface area contributed by atoms with Gasteiger partial charge < -0.3 is 8.85 Å². The van der Waals surface area contributed by atoms with Gasteiger partial charge in [-0.15, -0.1) is 0 Å². The Bertz CT molecular complexity index is 118. The zero-order chi connectivity index (χ0) is 8.32. The zero-order valence-electron chi connectivity index (χ0n) is 7.52. The molecule has 0 radical (unpaired) electrons. The van der Waals surface area contributed by atoms with E-state index in [9.17, 15) is 0 Å². The molecule has 1 heterocycles. The third-order valence-corrected chi connectivity index (χ3v) is 5.35. The molecule has 4 heteroatoms. The minimum atomic E-state index is -1.92.